The van der Waals surface area contributed by atoms with Crippen LogP contribution in [-0.2, 0) is 0 Å². The maximum Gasteiger partial charge on any atom is 0.335 e. The van der Waals surface area contributed by atoms with E-state index in [0.29, 0.717) is 12.4 Å². The van der Waals surface area contributed by atoms with Crippen LogP contribution in [0.2, 0.25) is 5.02 Å². The van der Waals surface area contributed by atoms with Gasteiger partial charge in [-0.2, -0.15) is 0 Å². The van der Waals surface area contributed by atoms with Crippen molar-refractivity contribution in [2.75, 3.05) is 25.1 Å². The minimum absolute atomic E-state index is 0.259. The largest absolute Gasteiger partial charge is 0.494 e. The highest BCUT2D eigenvalue weighted by Gasteiger charge is 2.03. The van der Waals surface area contributed by atoms with E-state index in [1.165, 1.54) is 12.1 Å². The van der Waals surface area contributed by atoms with Crippen molar-refractivity contribution in [2.45, 2.75) is 6.42 Å². The van der Waals surface area contributed by atoms with Crippen molar-refractivity contribution >= 4 is 23.3 Å². The van der Waals surface area contributed by atoms with Crippen molar-refractivity contribution in [3.8, 4) is 5.75 Å². The molecule has 0 aromatic heterocycles. The maximum atomic E-state index is 10.7. The molecule has 1 N–H and O–H groups in total. The lowest BCUT2D eigenvalue weighted by Gasteiger charge is -2.19. The molecule has 2 rings (SSSR count). The standard InChI is InChI=1S/C17H18ClNO3/c1-19(15-7-5-14(18)6-8-15)11-2-12-22-16-9-3-13(4-10-16)17(20)21/h3-10H,2,11-12H2,1H3,(H,20,21). The number of anilines is 1. The predicted octanol–water partition coefficient (Wildman–Crippen LogP) is 3.94. The Morgan fingerprint density at radius 2 is 1.77 bits per heavy atom. The van der Waals surface area contributed by atoms with Crippen molar-refractivity contribution in [2.24, 2.45) is 0 Å². The molecule has 0 atom stereocenters. The van der Waals surface area contributed by atoms with E-state index in [1.54, 1.807) is 12.1 Å². The first-order valence-electron chi connectivity index (χ1n) is 6.99. The number of carboxylic acid groups (broad SMARTS) is 1. The van der Waals surface area contributed by atoms with Gasteiger partial charge in [-0.25, -0.2) is 4.79 Å². The zero-order chi connectivity index (χ0) is 15.9. The van der Waals surface area contributed by atoms with E-state index in [0.717, 1.165) is 23.7 Å². The van der Waals surface area contributed by atoms with Crippen LogP contribution >= 0.6 is 11.6 Å². The number of aromatic carboxylic acids is 1. The van der Waals surface area contributed by atoms with Crippen molar-refractivity contribution in [1.29, 1.82) is 0 Å². The Labute approximate surface area is 134 Å². The molecule has 0 amide bonds. The fourth-order valence-electron chi connectivity index (χ4n) is 2.01. The van der Waals surface area contributed by atoms with Crippen LogP contribution in [0.4, 0.5) is 5.69 Å². The highest BCUT2D eigenvalue weighted by Crippen LogP contribution is 2.17. The summed E-state index contributed by atoms with van der Waals surface area (Å²) in [6, 6.07) is 14.1. The smallest absolute Gasteiger partial charge is 0.335 e. The number of nitrogens with zero attached hydrogens (tertiary/aromatic N) is 1. The van der Waals surface area contributed by atoms with Gasteiger partial charge in [-0.1, -0.05) is 11.6 Å². The lowest BCUT2D eigenvalue weighted by Crippen LogP contribution is -2.20. The summed E-state index contributed by atoms with van der Waals surface area (Å²) in [5.74, 6) is -0.254. The summed E-state index contributed by atoms with van der Waals surface area (Å²) in [6.07, 6.45) is 0.861. The topological polar surface area (TPSA) is 49.8 Å². The molecule has 0 aliphatic carbocycles. The molecule has 0 heterocycles. The van der Waals surface area contributed by atoms with Gasteiger partial charge in [-0.05, 0) is 55.0 Å². The second-order valence-electron chi connectivity index (χ2n) is 4.93. The number of carbonyl (C=O) groups is 1. The van der Waals surface area contributed by atoms with E-state index in [4.69, 9.17) is 21.4 Å². The van der Waals surface area contributed by atoms with E-state index < -0.39 is 5.97 Å². The van der Waals surface area contributed by atoms with E-state index in [2.05, 4.69) is 4.90 Å². The first-order valence-corrected chi connectivity index (χ1v) is 7.37. The number of ether oxygens (including phenoxy) is 1. The normalized spacial score (nSPS) is 10.3. The third-order valence-electron chi connectivity index (χ3n) is 3.28. The fourth-order valence-corrected chi connectivity index (χ4v) is 2.14. The monoisotopic (exact) mass is 319 g/mol. The number of hydrogen-bond donors (Lipinski definition) is 1. The Kier molecular flexibility index (Phi) is 5.67. The lowest BCUT2D eigenvalue weighted by molar-refractivity contribution is 0.0697. The SMILES string of the molecule is CN(CCCOc1ccc(C(=O)O)cc1)c1ccc(Cl)cc1. The van der Waals surface area contributed by atoms with Gasteiger partial charge in [-0.3, -0.25) is 0 Å². The van der Waals surface area contributed by atoms with Crippen LogP contribution < -0.4 is 9.64 Å². The van der Waals surface area contributed by atoms with Gasteiger partial charge in [0.25, 0.3) is 0 Å². The van der Waals surface area contributed by atoms with E-state index in [9.17, 15) is 4.79 Å². The summed E-state index contributed by atoms with van der Waals surface area (Å²) in [5, 5.41) is 9.55. The molecule has 0 aliphatic heterocycles. The maximum absolute atomic E-state index is 10.7. The van der Waals surface area contributed by atoms with Crippen LogP contribution in [0.5, 0.6) is 5.75 Å². The molecule has 5 heteroatoms. The van der Waals surface area contributed by atoms with Gasteiger partial charge in [0.1, 0.15) is 5.75 Å². The number of carboxylic acids is 1. The molecular formula is C17H18ClNO3. The highest BCUT2D eigenvalue weighted by molar-refractivity contribution is 6.30. The van der Waals surface area contributed by atoms with Crippen molar-refractivity contribution in [3.63, 3.8) is 0 Å². The molecule has 0 saturated heterocycles. The van der Waals surface area contributed by atoms with E-state index in [-0.39, 0.29) is 5.56 Å². The van der Waals surface area contributed by atoms with Crippen LogP contribution in [0.3, 0.4) is 0 Å². The van der Waals surface area contributed by atoms with Crippen LogP contribution in [0, 0.1) is 0 Å². The molecule has 2 aromatic carbocycles. The number of hydrogen-bond acceptors (Lipinski definition) is 3. The Morgan fingerprint density at radius 3 is 2.36 bits per heavy atom. The number of benzene rings is 2. The second-order valence-corrected chi connectivity index (χ2v) is 5.37. The molecule has 22 heavy (non-hydrogen) atoms. The summed E-state index contributed by atoms with van der Waals surface area (Å²) in [7, 11) is 2.02. The Balaban J connectivity index is 1.74. The summed E-state index contributed by atoms with van der Waals surface area (Å²) < 4.78 is 5.61. The van der Waals surface area contributed by atoms with Gasteiger partial charge < -0.3 is 14.7 Å². The number of halogens is 1. The van der Waals surface area contributed by atoms with Gasteiger partial charge in [-0.15, -0.1) is 0 Å². The van der Waals surface area contributed by atoms with Gasteiger partial charge in [0, 0.05) is 24.3 Å². The van der Waals surface area contributed by atoms with E-state index in [1.807, 2.05) is 31.3 Å². The summed E-state index contributed by atoms with van der Waals surface area (Å²) in [5.41, 5.74) is 1.37. The first-order chi connectivity index (χ1) is 10.6. The Morgan fingerprint density at radius 1 is 1.14 bits per heavy atom. The van der Waals surface area contributed by atoms with Crippen molar-refractivity contribution in [3.05, 3.63) is 59.1 Å². The number of rotatable bonds is 7. The van der Waals surface area contributed by atoms with Gasteiger partial charge >= 0.3 is 5.97 Å². The molecule has 0 radical (unpaired) electrons. The van der Waals surface area contributed by atoms with Crippen LogP contribution in [-0.4, -0.2) is 31.3 Å². The van der Waals surface area contributed by atoms with Crippen LogP contribution in [0.25, 0.3) is 0 Å². The third-order valence-corrected chi connectivity index (χ3v) is 3.53. The molecule has 0 fully saturated rings. The second kappa shape index (κ2) is 7.71. The molecule has 2 aromatic rings. The Hall–Kier alpha value is -2.20. The third kappa shape index (κ3) is 4.67. The summed E-state index contributed by atoms with van der Waals surface area (Å²) in [6.45, 7) is 1.43. The quantitative estimate of drug-likeness (QED) is 0.785. The Bertz CT molecular complexity index is 611. The lowest BCUT2D eigenvalue weighted by atomic mass is 10.2. The molecule has 0 unspecified atom stereocenters. The van der Waals surface area contributed by atoms with E-state index >= 15 is 0 Å². The summed E-state index contributed by atoms with van der Waals surface area (Å²) >= 11 is 5.87. The molecular weight excluding hydrogens is 302 g/mol. The molecule has 0 saturated carbocycles. The minimum atomic E-state index is -0.934. The van der Waals surface area contributed by atoms with Crippen LogP contribution in [0.1, 0.15) is 16.8 Å². The zero-order valence-corrected chi connectivity index (χ0v) is 13.1. The molecule has 0 aliphatic rings. The minimum Gasteiger partial charge on any atom is -0.494 e. The van der Waals surface area contributed by atoms with Crippen molar-refractivity contribution < 1.29 is 14.6 Å². The molecule has 4 nitrogen and oxygen atoms in total. The molecule has 0 spiro atoms. The molecule has 0 bridgehead atoms. The average Bonchev–Trinajstić information content (AvgIpc) is 2.52. The highest BCUT2D eigenvalue weighted by atomic mass is 35.5. The zero-order valence-electron chi connectivity index (χ0n) is 12.3. The van der Waals surface area contributed by atoms with Gasteiger partial charge in [0.05, 0.1) is 12.2 Å². The first kappa shape index (κ1) is 16.2. The summed E-state index contributed by atoms with van der Waals surface area (Å²) in [4.78, 5) is 12.9. The van der Waals surface area contributed by atoms with Crippen molar-refractivity contribution in [1.82, 2.24) is 0 Å². The fraction of sp³-hybridized carbons (Fsp3) is 0.235. The van der Waals surface area contributed by atoms with Crippen LogP contribution in [0.15, 0.2) is 48.5 Å². The van der Waals surface area contributed by atoms with Gasteiger partial charge in [0.15, 0.2) is 0 Å². The average molecular weight is 320 g/mol. The van der Waals surface area contributed by atoms with Gasteiger partial charge in [0.2, 0.25) is 0 Å². The molecule has 116 valence electrons. The predicted molar refractivity (Wildman–Crippen MR) is 88.2 cm³/mol.